The molecule has 0 amide bonds. The summed E-state index contributed by atoms with van der Waals surface area (Å²) in [6.45, 7) is 1.65. The van der Waals surface area contributed by atoms with Crippen molar-refractivity contribution in [3.63, 3.8) is 0 Å². The van der Waals surface area contributed by atoms with E-state index in [1.165, 1.54) is 7.11 Å². The molecular formula is C12H15N3O2. The fraction of sp³-hybridized carbons (Fsp3) is 0.333. The number of hydrogen-bond acceptors (Lipinski definition) is 4. The van der Waals surface area contributed by atoms with Gasteiger partial charge in [0, 0.05) is 17.5 Å². The van der Waals surface area contributed by atoms with Crippen LogP contribution in [-0.2, 0) is 16.0 Å². The SMILES string of the molecule is COC(=O)[C@@](C)(N)Cc1[nH]nc2ccccc12. The average molecular weight is 233 g/mol. The van der Waals surface area contributed by atoms with Gasteiger partial charge >= 0.3 is 5.97 Å². The lowest BCUT2D eigenvalue weighted by Crippen LogP contribution is -2.47. The molecule has 0 saturated carbocycles. The Morgan fingerprint density at radius 1 is 1.53 bits per heavy atom. The minimum atomic E-state index is -1.05. The van der Waals surface area contributed by atoms with Gasteiger partial charge in [0.1, 0.15) is 5.54 Å². The third kappa shape index (κ3) is 2.14. The lowest BCUT2D eigenvalue weighted by molar-refractivity contribution is -0.146. The summed E-state index contributed by atoms with van der Waals surface area (Å²) in [7, 11) is 1.33. The molecule has 0 fully saturated rings. The Labute approximate surface area is 98.9 Å². The largest absolute Gasteiger partial charge is 0.468 e. The van der Waals surface area contributed by atoms with Gasteiger partial charge in [-0.05, 0) is 13.0 Å². The molecule has 1 heterocycles. The Morgan fingerprint density at radius 2 is 2.24 bits per heavy atom. The smallest absolute Gasteiger partial charge is 0.325 e. The lowest BCUT2D eigenvalue weighted by Gasteiger charge is -2.20. The lowest BCUT2D eigenvalue weighted by atomic mass is 9.96. The van der Waals surface area contributed by atoms with Gasteiger partial charge in [-0.3, -0.25) is 9.89 Å². The Morgan fingerprint density at radius 3 is 2.94 bits per heavy atom. The van der Waals surface area contributed by atoms with Crippen LogP contribution in [0.2, 0.25) is 0 Å². The van der Waals surface area contributed by atoms with Crippen molar-refractivity contribution in [2.75, 3.05) is 7.11 Å². The highest BCUT2D eigenvalue weighted by atomic mass is 16.5. The van der Waals surface area contributed by atoms with Crippen LogP contribution in [0.3, 0.4) is 0 Å². The zero-order chi connectivity index (χ0) is 12.5. The minimum Gasteiger partial charge on any atom is -0.468 e. The van der Waals surface area contributed by atoms with Crippen LogP contribution in [0.25, 0.3) is 10.9 Å². The van der Waals surface area contributed by atoms with Crippen LogP contribution in [0, 0.1) is 0 Å². The molecule has 90 valence electrons. The number of fused-ring (bicyclic) bond motifs is 1. The van der Waals surface area contributed by atoms with Gasteiger partial charge in [-0.15, -0.1) is 0 Å². The summed E-state index contributed by atoms with van der Waals surface area (Å²) in [4.78, 5) is 11.5. The van der Waals surface area contributed by atoms with Crippen molar-refractivity contribution in [3.8, 4) is 0 Å². The van der Waals surface area contributed by atoms with Crippen LogP contribution in [0.5, 0.6) is 0 Å². The number of carbonyl (C=O) groups is 1. The molecule has 3 N–H and O–H groups in total. The van der Waals surface area contributed by atoms with E-state index < -0.39 is 11.5 Å². The van der Waals surface area contributed by atoms with E-state index in [0.717, 1.165) is 16.6 Å². The molecule has 0 aliphatic heterocycles. The van der Waals surface area contributed by atoms with Crippen LogP contribution >= 0.6 is 0 Å². The zero-order valence-electron chi connectivity index (χ0n) is 9.86. The van der Waals surface area contributed by atoms with Gasteiger partial charge in [-0.25, -0.2) is 0 Å². The summed E-state index contributed by atoms with van der Waals surface area (Å²) >= 11 is 0. The Balaban J connectivity index is 2.33. The molecule has 0 unspecified atom stereocenters. The number of nitrogens with zero attached hydrogens (tertiary/aromatic N) is 1. The number of rotatable bonds is 3. The van der Waals surface area contributed by atoms with Crippen molar-refractivity contribution in [1.82, 2.24) is 10.2 Å². The number of ether oxygens (including phenoxy) is 1. The van der Waals surface area contributed by atoms with E-state index >= 15 is 0 Å². The van der Waals surface area contributed by atoms with E-state index in [4.69, 9.17) is 5.73 Å². The van der Waals surface area contributed by atoms with Gasteiger partial charge < -0.3 is 10.5 Å². The predicted molar refractivity (Wildman–Crippen MR) is 64.4 cm³/mol. The summed E-state index contributed by atoms with van der Waals surface area (Å²) in [6, 6.07) is 7.69. The molecule has 5 nitrogen and oxygen atoms in total. The fourth-order valence-electron chi connectivity index (χ4n) is 1.82. The highest BCUT2D eigenvalue weighted by Gasteiger charge is 2.31. The van der Waals surface area contributed by atoms with Crippen molar-refractivity contribution in [1.29, 1.82) is 0 Å². The first-order valence-electron chi connectivity index (χ1n) is 5.34. The molecule has 2 rings (SSSR count). The van der Waals surface area contributed by atoms with Crippen LogP contribution in [-0.4, -0.2) is 28.8 Å². The maximum absolute atomic E-state index is 11.5. The summed E-state index contributed by atoms with van der Waals surface area (Å²) in [6.07, 6.45) is 0.361. The maximum atomic E-state index is 11.5. The first-order valence-corrected chi connectivity index (χ1v) is 5.34. The van der Waals surface area contributed by atoms with E-state index in [2.05, 4.69) is 14.9 Å². The minimum absolute atomic E-state index is 0.361. The molecule has 2 aromatic rings. The molecule has 0 saturated heterocycles. The number of carbonyl (C=O) groups excluding carboxylic acids is 1. The molecule has 1 aromatic heterocycles. The number of hydrogen-bond donors (Lipinski definition) is 2. The van der Waals surface area contributed by atoms with Crippen molar-refractivity contribution in [2.24, 2.45) is 5.73 Å². The molecule has 0 spiro atoms. The van der Waals surface area contributed by atoms with E-state index in [0.29, 0.717) is 6.42 Å². The molecule has 0 aliphatic rings. The number of benzene rings is 1. The normalized spacial score (nSPS) is 14.5. The van der Waals surface area contributed by atoms with Crippen molar-refractivity contribution in [3.05, 3.63) is 30.0 Å². The quantitative estimate of drug-likeness (QED) is 0.775. The first-order chi connectivity index (χ1) is 8.04. The standard InChI is InChI=1S/C12H15N3O2/c1-12(13,11(16)17-2)7-10-8-5-3-4-6-9(8)14-15-10/h3-6H,7,13H2,1-2H3,(H,14,15)/t12-/m0/s1. The van der Waals surface area contributed by atoms with E-state index in [9.17, 15) is 4.79 Å². The highest BCUT2D eigenvalue weighted by Crippen LogP contribution is 2.19. The van der Waals surface area contributed by atoms with Crippen molar-refractivity contribution in [2.45, 2.75) is 18.9 Å². The Kier molecular flexibility index (Phi) is 2.85. The van der Waals surface area contributed by atoms with Crippen molar-refractivity contribution >= 4 is 16.9 Å². The average Bonchev–Trinajstić information content (AvgIpc) is 2.71. The number of methoxy groups -OCH3 is 1. The Bertz CT molecular complexity index is 545. The molecule has 0 radical (unpaired) electrons. The summed E-state index contributed by atoms with van der Waals surface area (Å²) in [5.74, 6) is -0.434. The number of nitrogens with two attached hydrogens (primary N) is 1. The fourth-order valence-corrected chi connectivity index (χ4v) is 1.82. The second-order valence-electron chi connectivity index (χ2n) is 4.31. The molecule has 17 heavy (non-hydrogen) atoms. The number of esters is 1. The third-order valence-corrected chi connectivity index (χ3v) is 2.74. The van der Waals surface area contributed by atoms with Gasteiger partial charge in [0.05, 0.1) is 12.6 Å². The van der Waals surface area contributed by atoms with Crippen molar-refractivity contribution < 1.29 is 9.53 Å². The van der Waals surface area contributed by atoms with Crippen LogP contribution in [0.4, 0.5) is 0 Å². The summed E-state index contributed by atoms with van der Waals surface area (Å²) in [5, 5.41) is 8.05. The number of nitrogens with one attached hydrogen (secondary N) is 1. The van der Waals surface area contributed by atoms with Gasteiger partial charge in [-0.1, -0.05) is 18.2 Å². The van der Waals surface area contributed by atoms with E-state index in [-0.39, 0.29) is 0 Å². The molecule has 0 aliphatic carbocycles. The highest BCUT2D eigenvalue weighted by molar-refractivity contribution is 5.84. The second-order valence-corrected chi connectivity index (χ2v) is 4.31. The molecule has 5 heteroatoms. The zero-order valence-corrected chi connectivity index (χ0v) is 9.86. The molecular weight excluding hydrogens is 218 g/mol. The Hall–Kier alpha value is -1.88. The van der Waals surface area contributed by atoms with Gasteiger partial charge in [-0.2, -0.15) is 5.10 Å². The molecule has 1 aromatic carbocycles. The monoisotopic (exact) mass is 233 g/mol. The van der Waals surface area contributed by atoms with Crippen LogP contribution in [0.15, 0.2) is 24.3 Å². The topological polar surface area (TPSA) is 81.0 Å². The van der Waals surface area contributed by atoms with Crippen LogP contribution < -0.4 is 5.73 Å². The second kappa shape index (κ2) is 4.18. The molecule has 1 atom stereocenters. The summed E-state index contributed by atoms with van der Waals surface area (Å²) in [5.41, 5.74) is 6.59. The first kappa shape index (κ1) is 11.6. The molecule has 0 bridgehead atoms. The maximum Gasteiger partial charge on any atom is 0.325 e. The number of H-pyrrole nitrogens is 1. The van der Waals surface area contributed by atoms with Gasteiger partial charge in [0.25, 0.3) is 0 Å². The van der Waals surface area contributed by atoms with E-state index in [1.54, 1.807) is 6.92 Å². The van der Waals surface area contributed by atoms with E-state index in [1.807, 2.05) is 24.3 Å². The predicted octanol–water partition coefficient (Wildman–Crippen LogP) is 0.996. The van der Waals surface area contributed by atoms with Gasteiger partial charge in [0.15, 0.2) is 0 Å². The number of para-hydroxylation sites is 1. The van der Waals surface area contributed by atoms with Crippen LogP contribution in [0.1, 0.15) is 12.6 Å². The third-order valence-electron chi connectivity index (χ3n) is 2.74. The summed E-state index contributed by atoms with van der Waals surface area (Å²) < 4.78 is 4.68. The number of aromatic amines is 1. The number of aromatic nitrogens is 2. The van der Waals surface area contributed by atoms with Gasteiger partial charge in [0.2, 0.25) is 0 Å².